The summed E-state index contributed by atoms with van der Waals surface area (Å²) in [6, 6.07) is 12.0. The van der Waals surface area contributed by atoms with E-state index >= 15 is 0 Å². The first-order valence-electron chi connectivity index (χ1n) is 8.54. The molecule has 0 aliphatic heterocycles. The molecule has 0 saturated carbocycles. The monoisotopic (exact) mass is 364 g/mol. The molecule has 138 valence electrons. The van der Waals surface area contributed by atoms with Gasteiger partial charge in [0.05, 0.1) is 29.1 Å². The Bertz CT molecular complexity index is 947. The number of carbonyl (C=O) groups is 2. The molecule has 2 heterocycles. The zero-order chi connectivity index (χ0) is 19.4. The van der Waals surface area contributed by atoms with E-state index in [1.807, 2.05) is 25.1 Å². The van der Waals surface area contributed by atoms with E-state index in [9.17, 15) is 9.59 Å². The molecule has 1 N–H and O–H groups in total. The first kappa shape index (κ1) is 18.3. The standard InChI is InChI=1S/C20H20N4O3/c1-13(2)27-20(26)15-7-9-16(10-8-15)23-19(25)17-12-22-24(14(17)3)18-6-4-5-11-21-18/h4-13H,1-3H3,(H,23,25). The third kappa shape index (κ3) is 4.20. The van der Waals surface area contributed by atoms with Crippen molar-refractivity contribution in [1.29, 1.82) is 0 Å². The number of ether oxygens (including phenoxy) is 1. The van der Waals surface area contributed by atoms with Crippen LogP contribution in [-0.4, -0.2) is 32.7 Å². The highest BCUT2D eigenvalue weighted by Gasteiger charge is 2.16. The lowest BCUT2D eigenvalue weighted by Gasteiger charge is -2.09. The summed E-state index contributed by atoms with van der Waals surface area (Å²) in [7, 11) is 0. The number of pyridine rings is 1. The number of anilines is 1. The van der Waals surface area contributed by atoms with E-state index in [4.69, 9.17) is 4.74 Å². The summed E-state index contributed by atoms with van der Waals surface area (Å²) in [6.07, 6.45) is 2.99. The van der Waals surface area contributed by atoms with Gasteiger partial charge in [0.25, 0.3) is 5.91 Å². The van der Waals surface area contributed by atoms with Crippen molar-refractivity contribution in [2.24, 2.45) is 0 Å². The second-order valence-electron chi connectivity index (χ2n) is 6.23. The predicted molar refractivity (Wildman–Crippen MR) is 101 cm³/mol. The lowest BCUT2D eigenvalue weighted by Crippen LogP contribution is -2.14. The molecular weight excluding hydrogens is 344 g/mol. The maximum absolute atomic E-state index is 12.6. The molecule has 0 atom stereocenters. The van der Waals surface area contributed by atoms with Gasteiger partial charge in [-0.25, -0.2) is 14.5 Å². The fourth-order valence-corrected chi connectivity index (χ4v) is 2.51. The van der Waals surface area contributed by atoms with Gasteiger partial charge >= 0.3 is 5.97 Å². The van der Waals surface area contributed by atoms with Gasteiger partial charge in [-0.1, -0.05) is 6.07 Å². The lowest BCUT2D eigenvalue weighted by atomic mass is 10.2. The average Bonchev–Trinajstić information content (AvgIpc) is 3.04. The molecule has 0 bridgehead atoms. The van der Waals surface area contributed by atoms with E-state index in [0.717, 1.165) is 0 Å². The first-order chi connectivity index (χ1) is 13.0. The number of nitrogens with zero attached hydrogens (tertiary/aromatic N) is 3. The van der Waals surface area contributed by atoms with E-state index in [0.29, 0.717) is 28.3 Å². The molecule has 3 rings (SSSR count). The van der Waals surface area contributed by atoms with E-state index in [1.54, 1.807) is 49.0 Å². The van der Waals surface area contributed by atoms with Crippen molar-refractivity contribution in [3.63, 3.8) is 0 Å². The van der Waals surface area contributed by atoms with Gasteiger partial charge in [0.1, 0.15) is 0 Å². The van der Waals surface area contributed by atoms with Crippen molar-refractivity contribution in [2.45, 2.75) is 26.9 Å². The minimum absolute atomic E-state index is 0.185. The summed E-state index contributed by atoms with van der Waals surface area (Å²) in [6.45, 7) is 5.39. The molecule has 1 aromatic carbocycles. The van der Waals surface area contributed by atoms with Crippen LogP contribution in [0.25, 0.3) is 5.82 Å². The molecule has 0 saturated heterocycles. The van der Waals surface area contributed by atoms with E-state index in [2.05, 4.69) is 15.4 Å². The molecule has 0 fully saturated rings. The molecule has 7 nitrogen and oxygen atoms in total. The molecular formula is C20H20N4O3. The summed E-state index contributed by atoms with van der Waals surface area (Å²) in [5.41, 5.74) is 2.14. The summed E-state index contributed by atoms with van der Waals surface area (Å²) in [5, 5.41) is 7.05. The third-order valence-corrected chi connectivity index (χ3v) is 3.84. The van der Waals surface area contributed by atoms with Gasteiger partial charge in [0.15, 0.2) is 5.82 Å². The maximum atomic E-state index is 12.6. The molecule has 7 heteroatoms. The van der Waals surface area contributed by atoms with Crippen LogP contribution in [0.2, 0.25) is 0 Å². The summed E-state index contributed by atoms with van der Waals surface area (Å²) in [4.78, 5) is 28.7. The van der Waals surface area contributed by atoms with Gasteiger partial charge in [-0.2, -0.15) is 5.10 Å². The van der Waals surface area contributed by atoms with Crippen LogP contribution < -0.4 is 5.32 Å². The van der Waals surface area contributed by atoms with Crippen molar-refractivity contribution < 1.29 is 14.3 Å². The Morgan fingerprint density at radius 1 is 1.11 bits per heavy atom. The van der Waals surface area contributed by atoms with Gasteiger partial charge in [-0.05, 0) is 57.2 Å². The summed E-state index contributed by atoms with van der Waals surface area (Å²) in [5.74, 6) is -0.0374. The SMILES string of the molecule is Cc1c(C(=O)Nc2ccc(C(=O)OC(C)C)cc2)cnn1-c1ccccn1. The maximum Gasteiger partial charge on any atom is 0.338 e. The number of benzene rings is 1. The number of hydrogen-bond donors (Lipinski definition) is 1. The van der Waals surface area contributed by atoms with Gasteiger partial charge in [-0.3, -0.25) is 4.79 Å². The number of hydrogen-bond acceptors (Lipinski definition) is 5. The minimum Gasteiger partial charge on any atom is -0.459 e. The molecule has 0 aliphatic carbocycles. The van der Waals surface area contributed by atoms with Crippen LogP contribution in [0.15, 0.2) is 54.9 Å². The Kier molecular flexibility index (Phi) is 5.30. The third-order valence-electron chi connectivity index (χ3n) is 3.84. The van der Waals surface area contributed by atoms with E-state index in [-0.39, 0.29) is 12.0 Å². The zero-order valence-electron chi connectivity index (χ0n) is 15.3. The van der Waals surface area contributed by atoms with Gasteiger partial charge in [-0.15, -0.1) is 0 Å². The highest BCUT2D eigenvalue weighted by Crippen LogP contribution is 2.16. The van der Waals surface area contributed by atoms with Gasteiger partial charge < -0.3 is 10.1 Å². The van der Waals surface area contributed by atoms with Crippen molar-refractivity contribution in [1.82, 2.24) is 14.8 Å². The molecule has 0 aliphatic rings. The average molecular weight is 364 g/mol. The highest BCUT2D eigenvalue weighted by molar-refractivity contribution is 6.05. The highest BCUT2D eigenvalue weighted by atomic mass is 16.5. The van der Waals surface area contributed by atoms with Gasteiger partial charge in [0, 0.05) is 11.9 Å². The Morgan fingerprint density at radius 2 is 1.85 bits per heavy atom. The van der Waals surface area contributed by atoms with Crippen molar-refractivity contribution >= 4 is 17.6 Å². The van der Waals surface area contributed by atoms with Crippen LogP contribution in [0.4, 0.5) is 5.69 Å². The molecule has 0 spiro atoms. The molecule has 0 unspecified atom stereocenters. The van der Waals surface area contributed by atoms with Crippen molar-refractivity contribution in [2.75, 3.05) is 5.32 Å². The Morgan fingerprint density at radius 3 is 2.48 bits per heavy atom. The van der Waals surface area contributed by atoms with Gasteiger partial charge in [0.2, 0.25) is 0 Å². The van der Waals surface area contributed by atoms with Crippen molar-refractivity contribution in [3.8, 4) is 5.82 Å². The molecule has 27 heavy (non-hydrogen) atoms. The Hall–Kier alpha value is -3.48. The predicted octanol–water partition coefficient (Wildman–Crippen LogP) is 3.39. The molecule has 1 amide bonds. The minimum atomic E-state index is -0.393. The smallest absolute Gasteiger partial charge is 0.338 e. The second kappa shape index (κ2) is 7.82. The van der Waals surface area contributed by atoms with Crippen LogP contribution in [-0.2, 0) is 4.74 Å². The molecule has 3 aromatic rings. The quantitative estimate of drug-likeness (QED) is 0.701. The Balaban J connectivity index is 1.73. The van der Waals surface area contributed by atoms with Crippen molar-refractivity contribution in [3.05, 3.63) is 71.7 Å². The fraction of sp³-hybridized carbons (Fsp3) is 0.200. The van der Waals surface area contributed by atoms with Crippen LogP contribution in [0.3, 0.4) is 0 Å². The number of esters is 1. The van der Waals surface area contributed by atoms with E-state index in [1.165, 1.54) is 6.20 Å². The Labute approximate surface area is 157 Å². The van der Waals surface area contributed by atoms with Crippen LogP contribution in [0.5, 0.6) is 0 Å². The number of nitrogens with one attached hydrogen (secondary N) is 1. The molecule has 2 aromatic heterocycles. The summed E-state index contributed by atoms with van der Waals surface area (Å²) < 4.78 is 6.75. The second-order valence-corrected chi connectivity index (χ2v) is 6.23. The fourth-order valence-electron chi connectivity index (χ4n) is 2.51. The largest absolute Gasteiger partial charge is 0.459 e. The lowest BCUT2D eigenvalue weighted by molar-refractivity contribution is 0.0378. The number of rotatable bonds is 5. The topological polar surface area (TPSA) is 86.1 Å². The zero-order valence-corrected chi connectivity index (χ0v) is 15.3. The first-order valence-corrected chi connectivity index (χ1v) is 8.54. The number of amides is 1. The molecule has 0 radical (unpaired) electrons. The van der Waals surface area contributed by atoms with Crippen LogP contribution in [0.1, 0.15) is 40.3 Å². The number of aromatic nitrogens is 3. The normalized spacial score (nSPS) is 10.7. The van der Waals surface area contributed by atoms with Crippen LogP contribution >= 0.6 is 0 Å². The van der Waals surface area contributed by atoms with E-state index < -0.39 is 5.97 Å². The number of carbonyl (C=O) groups excluding carboxylic acids is 2. The van der Waals surface area contributed by atoms with Crippen LogP contribution in [0, 0.1) is 6.92 Å². The summed E-state index contributed by atoms with van der Waals surface area (Å²) >= 11 is 0.